The third-order valence-electron chi connectivity index (χ3n) is 2.72. The molecule has 0 heterocycles. The standard InChI is InChI=1S/C14H19BrO/c1-2-12-7-9-13(10-8-12)14(16)6-4-3-5-11-15/h7-10H,2-6,11H2,1H3. The summed E-state index contributed by atoms with van der Waals surface area (Å²) in [6, 6.07) is 7.99. The highest BCUT2D eigenvalue weighted by Crippen LogP contribution is 2.10. The molecule has 0 fully saturated rings. The first-order valence-electron chi connectivity index (χ1n) is 5.96. The smallest absolute Gasteiger partial charge is 0.162 e. The van der Waals surface area contributed by atoms with Crippen molar-refractivity contribution in [3.8, 4) is 0 Å². The number of halogens is 1. The van der Waals surface area contributed by atoms with Gasteiger partial charge in [0.25, 0.3) is 0 Å². The highest BCUT2D eigenvalue weighted by atomic mass is 79.9. The first-order chi connectivity index (χ1) is 7.77. The molecule has 2 heteroatoms. The van der Waals surface area contributed by atoms with Crippen molar-refractivity contribution >= 4 is 21.7 Å². The van der Waals surface area contributed by atoms with Crippen LogP contribution in [0.15, 0.2) is 24.3 Å². The van der Waals surface area contributed by atoms with Gasteiger partial charge in [0.05, 0.1) is 0 Å². The number of Topliss-reactive ketones (excluding diaryl/α,β-unsaturated/α-hetero) is 1. The summed E-state index contributed by atoms with van der Waals surface area (Å²) in [6.45, 7) is 2.12. The van der Waals surface area contributed by atoms with Crippen LogP contribution in [0.1, 0.15) is 48.5 Å². The lowest BCUT2D eigenvalue weighted by Gasteiger charge is -2.02. The minimum atomic E-state index is 0.275. The topological polar surface area (TPSA) is 17.1 Å². The van der Waals surface area contributed by atoms with E-state index < -0.39 is 0 Å². The maximum Gasteiger partial charge on any atom is 0.162 e. The van der Waals surface area contributed by atoms with E-state index in [-0.39, 0.29) is 5.78 Å². The first-order valence-corrected chi connectivity index (χ1v) is 7.08. The molecule has 0 bridgehead atoms. The van der Waals surface area contributed by atoms with Gasteiger partial charge in [0.2, 0.25) is 0 Å². The molecule has 1 nitrogen and oxygen atoms in total. The Kier molecular flexibility index (Phi) is 6.39. The first kappa shape index (κ1) is 13.4. The van der Waals surface area contributed by atoms with Gasteiger partial charge in [0, 0.05) is 17.3 Å². The van der Waals surface area contributed by atoms with E-state index in [2.05, 4.69) is 22.9 Å². The number of aryl methyl sites for hydroxylation is 1. The molecule has 0 N–H and O–H groups in total. The lowest BCUT2D eigenvalue weighted by Crippen LogP contribution is -1.99. The number of hydrogen-bond acceptors (Lipinski definition) is 1. The van der Waals surface area contributed by atoms with Gasteiger partial charge in [-0.1, -0.05) is 53.5 Å². The fourth-order valence-electron chi connectivity index (χ4n) is 1.63. The Balaban J connectivity index is 2.40. The predicted octanol–water partition coefficient (Wildman–Crippen LogP) is 4.39. The average Bonchev–Trinajstić information content (AvgIpc) is 2.34. The van der Waals surface area contributed by atoms with Crippen LogP contribution < -0.4 is 0 Å². The summed E-state index contributed by atoms with van der Waals surface area (Å²) < 4.78 is 0. The van der Waals surface area contributed by atoms with E-state index in [4.69, 9.17) is 0 Å². The lowest BCUT2D eigenvalue weighted by molar-refractivity contribution is 0.0979. The van der Waals surface area contributed by atoms with Crippen molar-refractivity contribution in [1.29, 1.82) is 0 Å². The van der Waals surface area contributed by atoms with Crippen LogP contribution in [0.4, 0.5) is 0 Å². The molecular weight excluding hydrogens is 264 g/mol. The van der Waals surface area contributed by atoms with E-state index >= 15 is 0 Å². The summed E-state index contributed by atoms with van der Waals surface area (Å²) in [5.74, 6) is 0.275. The Hall–Kier alpha value is -0.630. The monoisotopic (exact) mass is 282 g/mol. The highest BCUT2D eigenvalue weighted by Gasteiger charge is 2.04. The molecule has 0 aliphatic heterocycles. The highest BCUT2D eigenvalue weighted by molar-refractivity contribution is 9.09. The molecule has 0 spiro atoms. The van der Waals surface area contributed by atoms with Crippen LogP contribution in [0.2, 0.25) is 0 Å². The van der Waals surface area contributed by atoms with Gasteiger partial charge < -0.3 is 0 Å². The van der Waals surface area contributed by atoms with Crippen molar-refractivity contribution in [3.05, 3.63) is 35.4 Å². The van der Waals surface area contributed by atoms with Gasteiger partial charge in [-0.25, -0.2) is 0 Å². The van der Waals surface area contributed by atoms with Crippen molar-refractivity contribution in [3.63, 3.8) is 0 Å². The molecule has 0 aliphatic carbocycles. The maximum absolute atomic E-state index is 11.8. The fraction of sp³-hybridized carbons (Fsp3) is 0.500. The van der Waals surface area contributed by atoms with Gasteiger partial charge >= 0.3 is 0 Å². The molecule has 16 heavy (non-hydrogen) atoms. The van der Waals surface area contributed by atoms with Crippen LogP contribution in [0.5, 0.6) is 0 Å². The second kappa shape index (κ2) is 7.61. The number of alkyl halides is 1. The Bertz CT molecular complexity index is 316. The summed E-state index contributed by atoms with van der Waals surface area (Å²) in [4.78, 5) is 11.8. The van der Waals surface area contributed by atoms with Crippen molar-refractivity contribution < 1.29 is 4.79 Å². The molecule has 0 unspecified atom stereocenters. The van der Waals surface area contributed by atoms with Gasteiger partial charge in [0.1, 0.15) is 0 Å². The minimum Gasteiger partial charge on any atom is -0.294 e. The Labute approximate surface area is 106 Å². The lowest BCUT2D eigenvalue weighted by atomic mass is 10.0. The Morgan fingerprint density at radius 3 is 2.38 bits per heavy atom. The number of rotatable bonds is 7. The van der Waals surface area contributed by atoms with Gasteiger partial charge in [-0.3, -0.25) is 4.79 Å². The molecule has 1 aromatic rings. The van der Waals surface area contributed by atoms with Crippen LogP contribution in [0.25, 0.3) is 0 Å². The van der Waals surface area contributed by atoms with Crippen LogP contribution in [-0.4, -0.2) is 11.1 Å². The minimum absolute atomic E-state index is 0.275. The van der Waals surface area contributed by atoms with Crippen LogP contribution in [0.3, 0.4) is 0 Å². The molecule has 1 aromatic carbocycles. The van der Waals surface area contributed by atoms with Crippen molar-refractivity contribution in [2.45, 2.75) is 39.0 Å². The molecule has 0 aliphatic rings. The number of carbonyl (C=O) groups is 1. The predicted molar refractivity (Wildman–Crippen MR) is 72.4 cm³/mol. The molecule has 0 amide bonds. The van der Waals surface area contributed by atoms with E-state index in [1.165, 1.54) is 5.56 Å². The second-order valence-electron chi connectivity index (χ2n) is 3.97. The molecule has 88 valence electrons. The third-order valence-corrected chi connectivity index (χ3v) is 3.28. The zero-order chi connectivity index (χ0) is 11.8. The van der Waals surface area contributed by atoms with Gasteiger partial charge in [-0.05, 0) is 24.8 Å². The molecule has 0 saturated heterocycles. The number of hydrogen-bond donors (Lipinski definition) is 0. The zero-order valence-corrected chi connectivity index (χ0v) is 11.4. The maximum atomic E-state index is 11.8. The van der Waals surface area contributed by atoms with Crippen LogP contribution >= 0.6 is 15.9 Å². The van der Waals surface area contributed by atoms with Crippen molar-refractivity contribution in [1.82, 2.24) is 0 Å². The summed E-state index contributed by atoms with van der Waals surface area (Å²) in [5.41, 5.74) is 2.15. The number of benzene rings is 1. The van der Waals surface area contributed by atoms with Gasteiger partial charge in [-0.2, -0.15) is 0 Å². The summed E-state index contributed by atoms with van der Waals surface area (Å²) >= 11 is 3.39. The van der Waals surface area contributed by atoms with E-state index in [0.29, 0.717) is 6.42 Å². The summed E-state index contributed by atoms with van der Waals surface area (Å²) in [6.07, 6.45) is 4.99. The molecule has 1 rings (SSSR count). The van der Waals surface area contributed by atoms with Crippen LogP contribution in [-0.2, 0) is 6.42 Å². The molecule has 0 saturated carbocycles. The summed E-state index contributed by atoms with van der Waals surface area (Å²) in [5, 5.41) is 1.03. The van der Waals surface area contributed by atoms with Gasteiger partial charge in [0.15, 0.2) is 5.78 Å². The number of carbonyl (C=O) groups excluding carboxylic acids is 1. The largest absolute Gasteiger partial charge is 0.294 e. The van der Waals surface area contributed by atoms with Gasteiger partial charge in [-0.15, -0.1) is 0 Å². The second-order valence-corrected chi connectivity index (χ2v) is 4.77. The third kappa shape index (κ3) is 4.48. The van der Waals surface area contributed by atoms with E-state index in [9.17, 15) is 4.79 Å². The van der Waals surface area contributed by atoms with E-state index in [0.717, 1.165) is 36.6 Å². The zero-order valence-electron chi connectivity index (χ0n) is 9.84. The van der Waals surface area contributed by atoms with E-state index in [1.807, 2.05) is 24.3 Å². The fourth-order valence-corrected chi connectivity index (χ4v) is 2.02. The Morgan fingerprint density at radius 1 is 1.12 bits per heavy atom. The quantitative estimate of drug-likeness (QED) is 0.412. The van der Waals surface area contributed by atoms with Crippen molar-refractivity contribution in [2.24, 2.45) is 0 Å². The molecular formula is C14H19BrO. The number of ketones is 1. The summed E-state index contributed by atoms with van der Waals surface area (Å²) in [7, 11) is 0. The Morgan fingerprint density at radius 2 is 1.81 bits per heavy atom. The molecule has 0 radical (unpaired) electrons. The van der Waals surface area contributed by atoms with Crippen LogP contribution in [0, 0.1) is 0 Å². The average molecular weight is 283 g/mol. The SMILES string of the molecule is CCc1ccc(C(=O)CCCCCBr)cc1. The molecule has 0 atom stereocenters. The van der Waals surface area contributed by atoms with Crippen molar-refractivity contribution in [2.75, 3.05) is 5.33 Å². The number of unbranched alkanes of at least 4 members (excludes halogenated alkanes) is 2. The van der Waals surface area contributed by atoms with E-state index in [1.54, 1.807) is 0 Å². The normalized spacial score (nSPS) is 10.4. The molecule has 0 aromatic heterocycles.